The van der Waals surface area contributed by atoms with Crippen LogP contribution in [0.2, 0.25) is 0 Å². The molecule has 0 saturated carbocycles. The number of hydrogen-bond acceptors (Lipinski definition) is 3. The molecule has 1 atom stereocenters. The molecule has 7 aromatic rings. The third-order valence-electron chi connectivity index (χ3n) is 10.2. The number of benzene rings is 5. The van der Waals surface area contributed by atoms with Gasteiger partial charge in [-0.3, -0.25) is 4.98 Å². The largest absolute Gasteiger partial charge is 0.252 e. The van der Waals surface area contributed by atoms with Gasteiger partial charge in [0.15, 0.2) is 5.82 Å². The molecule has 0 spiro atoms. The molecule has 3 heteroatoms. The summed E-state index contributed by atoms with van der Waals surface area (Å²) in [4.78, 5) is 15.7. The van der Waals surface area contributed by atoms with Crippen molar-refractivity contribution in [1.82, 2.24) is 15.0 Å². The third-order valence-corrected chi connectivity index (χ3v) is 10.2. The second-order valence-corrected chi connectivity index (χ2v) is 13.6. The minimum absolute atomic E-state index is 0.0782. The predicted octanol–water partition coefficient (Wildman–Crippen LogP) is 11.5. The highest BCUT2D eigenvalue weighted by Gasteiger charge is 2.36. The molecule has 234 valence electrons. The van der Waals surface area contributed by atoms with E-state index in [-0.39, 0.29) is 11.3 Å². The normalized spacial score (nSPS) is 15.9. The second kappa shape index (κ2) is 11.6. The first-order valence-electron chi connectivity index (χ1n) is 17.1. The minimum Gasteiger partial charge on any atom is -0.252 e. The van der Waals surface area contributed by atoms with Crippen molar-refractivity contribution in [3.8, 4) is 44.8 Å². The first-order chi connectivity index (χ1) is 24.0. The van der Waals surface area contributed by atoms with Crippen LogP contribution in [-0.2, 0) is 5.41 Å². The van der Waals surface area contributed by atoms with E-state index in [1.165, 1.54) is 38.8 Å². The van der Waals surface area contributed by atoms with Crippen LogP contribution in [0, 0.1) is 0 Å². The molecule has 49 heavy (non-hydrogen) atoms. The van der Waals surface area contributed by atoms with E-state index >= 15 is 0 Å². The molecule has 0 bridgehead atoms. The van der Waals surface area contributed by atoms with Crippen LogP contribution in [0.25, 0.3) is 61.2 Å². The summed E-state index contributed by atoms with van der Waals surface area (Å²) in [6.45, 7) is 4.67. The van der Waals surface area contributed by atoms with E-state index in [9.17, 15) is 0 Å². The summed E-state index contributed by atoms with van der Waals surface area (Å²) < 4.78 is 0. The Morgan fingerprint density at radius 1 is 0.551 bits per heavy atom. The Morgan fingerprint density at radius 3 is 1.84 bits per heavy atom. The molecule has 0 saturated heterocycles. The number of allylic oxidation sites excluding steroid dienone is 4. The Bertz CT molecular complexity index is 2370. The van der Waals surface area contributed by atoms with E-state index in [4.69, 9.17) is 15.0 Å². The zero-order valence-electron chi connectivity index (χ0n) is 27.6. The minimum atomic E-state index is -0.0943. The molecule has 2 heterocycles. The molecule has 0 fully saturated rings. The fourth-order valence-electron chi connectivity index (χ4n) is 7.62. The van der Waals surface area contributed by atoms with Crippen molar-refractivity contribution in [3.63, 3.8) is 0 Å². The van der Waals surface area contributed by atoms with Crippen molar-refractivity contribution in [1.29, 1.82) is 0 Å². The molecule has 5 aromatic carbocycles. The number of nitrogens with zero attached hydrogens (tertiary/aromatic N) is 3. The quantitative estimate of drug-likeness (QED) is 0.190. The summed E-state index contributed by atoms with van der Waals surface area (Å²) in [5.74, 6) is 0.803. The summed E-state index contributed by atoms with van der Waals surface area (Å²) in [5, 5.41) is 1.18. The van der Waals surface area contributed by atoms with Crippen LogP contribution in [0.15, 0.2) is 158 Å². The van der Waals surface area contributed by atoms with E-state index in [0.29, 0.717) is 0 Å². The highest BCUT2D eigenvalue weighted by atomic mass is 14.9. The van der Waals surface area contributed by atoms with Gasteiger partial charge in [0.25, 0.3) is 0 Å². The van der Waals surface area contributed by atoms with Gasteiger partial charge in [-0.1, -0.05) is 147 Å². The van der Waals surface area contributed by atoms with Gasteiger partial charge < -0.3 is 0 Å². The predicted molar refractivity (Wildman–Crippen MR) is 202 cm³/mol. The molecule has 9 rings (SSSR count). The van der Waals surface area contributed by atoms with Crippen LogP contribution in [-0.4, -0.2) is 15.0 Å². The maximum absolute atomic E-state index is 5.43. The van der Waals surface area contributed by atoms with Gasteiger partial charge in [0.05, 0.1) is 16.9 Å². The van der Waals surface area contributed by atoms with Crippen molar-refractivity contribution in [2.75, 3.05) is 0 Å². The molecule has 0 radical (unpaired) electrons. The van der Waals surface area contributed by atoms with E-state index in [1.807, 2.05) is 12.1 Å². The van der Waals surface area contributed by atoms with Crippen LogP contribution >= 0.6 is 0 Å². The number of fused-ring (bicyclic) bond motifs is 4. The van der Waals surface area contributed by atoms with Crippen LogP contribution in [0.4, 0.5) is 0 Å². The lowest BCUT2D eigenvalue weighted by Gasteiger charge is -2.22. The van der Waals surface area contributed by atoms with Crippen molar-refractivity contribution >= 4 is 16.5 Å². The summed E-state index contributed by atoms with van der Waals surface area (Å²) >= 11 is 0. The van der Waals surface area contributed by atoms with Gasteiger partial charge in [-0.15, -0.1) is 0 Å². The number of hydrogen-bond donors (Lipinski definition) is 0. The lowest BCUT2D eigenvalue weighted by atomic mass is 9.82. The molecular formula is C46H35N3. The summed E-state index contributed by atoms with van der Waals surface area (Å²) in [6, 6.07) is 49.4. The highest BCUT2D eigenvalue weighted by molar-refractivity contribution is 6.00. The fourth-order valence-corrected chi connectivity index (χ4v) is 7.62. The summed E-state index contributed by atoms with van der Waals surface area (Å²) in [7, 11) is 0. The topological polar surface area (TPSA) is 38.7 Å². The fraction of sp³-hybridized carbons (Fsp3) is 0.109. The Hall–Kier alpha value is -5.93. The number of rotatable bonds is 5. The Labute approximate surface area is 287 Å². The molecule has 0 amide bonds. The molecule has 2 aliphatic carbocycles. The second-order valence-electron chi connectivity index (χ2n) is 13.6. The molecule has 3 nitrogen and oxygen atoms in total. The molecule has 2 aromatic heterocycles. The van der Waals surface area contributed by atoms with Crippen molar-refractivity contribution in [2.24, 2.45) is 0 Å². The molecule has 0 N–H and O–H groups in total. The van der Waals surface area contributed by atoms with Crippen LogP contribution in [0.5, 0.6) is 0 Å². The zero-order valence-corrected chi connectivity index (χ0v) is 27.6. The molecular weight excluding hydrogens is 595 g/mol. The standard InChI is InChI=1S/C46H35N3/c1-46(2)39-24-13-12-23-35(39)37-26-38-36(30-15-6-3-7-16-30)27-41(47-44(38)28-40(37)46)33-21-14-22-34(25-33)45-48-42(31-17-8-4-9-18-31)29-43(49-45)32-19-10-5-11-20-32/h3-20,22-29,33H,21H2,1-2H3. The summed E-state index contributed by atoms with van der Waals surface area (Å²) in [5.41, 5.74) is 14.7. The van der Waals surface area contributed by atoms with Gasteiger partial charge in [-0.25, -0.2) is 9.97 Å². The maximum atomic E-state index is 5.43. The van der Waals surface area contributed by atoms with Crippen LogP contribution < -0.4 is 0 Å². The Kier molecular flexibility index (Phi) is 6.94. The first-order valence-corrected chi connectivity index (χ1v) is 17.1. The van der Waals surface area contributed by atoms with Crippen LogP contribution in [0.3, 0.4) is 0 Å². The van der Waals surface area contributed by atoms with E-state index in [0.717, 1.165) is 51.5 Å². The van der Waals surface area contributed by atoms with Gasteiger partial charge in [-0.2, -0.15) is 0 Å². The van der Waals surface area contributed by atoms with Gasteiger partial charge in [0.2, 0.25) is 0 Å². The van der Waals surface area contributed by atoms with E-state index in [1.54, 1.807) is 0 Å². The smallest absolute Gasteiger partial charge is 0.160 e. The summed E-state index contributed by atoms with van der Waals surface area (Å²) in [6.07, 6.45) is 7.59. The van der Waals surface area contributed by atoms with Crippen molar-refractivity contribution in [3.05, 3.63) is 180 Å². The van der Waals surface area contributed by atoms with Gasteiger partial charge in [0.1, 0.15) is 0 Å². The van der Waals surface area contributed by atoms with Crippen molar-refractivity contribution < 1.29 is 0 Å². The molecule has 2 aliphatic rings. The maximum Gasteiger partial charge on any atom is 0.160 e. The number of pyridine rings is 1. The molecule has 0 aliphatic heterocycles. The van der Waals surface area contributed by atoms with Gasteiger partial charge >= 0.3 is 0 Å². The van der Waals surface area contributed by atoms with Gasteiger partial charge in [0, 0.05) is 39.1 Å². The van der Waals surface area contributed by atoms with E-state index in [2.05, 4.69) is 159 Å². The lowest BCUT2D eigenvalue weighted by molar-refractivity contribution is 0.661. The van der Waals surface area contributed by atoms with Crippen molar-refractivity contribution in [2.45, 2.75) is 31.6 Å². The Balaban J connectivity index is 1.20. The average molecular weight is 630 g/mol. The third kappa shape index (κ3) is 5.10. The average Bonchev–Trinajstić information content (AvgIpc) is 3.39. The zero-order chi connectivity index (χ0) is 33.0. The van der Waals surface area contributed by atoms with Gasteiger partial charge in [-0.05, 0) is 64.1 Å². The molecule has 1 unspecified atom stereocenters. The Morgan fingerprint density at radius 2 is 1.16 bits per heavy atom. The highest BCUT2D eigenvalue weighted by Crippen LogP contribution is 2.50. The van der Waals surface area contributed by atoms with Crippen LogP contribution in [0.1, 0.15) is 48.8 Å². The first kappa shape index (κ1) is 29.2. The monoisotopic (exact) mass is 629 g/mol. The number of aromatic nitrogens is 3. The SMILES string of the molecule is CC1(C)c2ccccc2-c2cc3c(-c4ccccc4)cc(C4C=C(c5nc(-c6ccccc6)cc(-c6ccccc6)n5)C=CC4)nc3cc21. The van der Waals surface area contributed by atoms with E-state index < -0.39 is 0 Å². The lowest BCUT2D eigenvalue weighted by Crippen LogP contribution is -2.15.